The number of aryl methyl sites for hydroxylation is 2. The molecule has 0 bridgehead atoms. The van der Waals surface area contributed by atoms with Crippen LogP contribution >= 0.6 is 0 Å². The average Bonchev–Trinajstić information content (AvgIpc) is 2.65. The number of hydrogen-bond donors (Lipinski definition) is 2. The van der Waals surface area contributed by atoms with E-state index in [0.717, 1.165) is 6.42 Å². The van der Waals surface area contributed by atoms with Gasteiger partial charge in [0.2, 0.25) is 0 Å². The third-order valence-electron chi connectivity index (χ3n) is 3.20. The first-order valence-electron chi connectivity index (χ1n) is 6.56. The number of carboxylic acid groups (broad SMARTS) is 1. The van der Waals surface area contributed by atoms with Gasteiger partial charge in [0.1, 0.15) is 11.4 Å². The van der Waals surface area contributed by atoms with Gasteiger partial charge in [-0.25, -0.2) is 4.79 Å². The Morgan fingerprint density at radius 2 is 2.05 bits per heavy atom. The van der Waals surface area contributed by atoms with Gasteiger partial charge in [0.25, 0.3) is 0 Å². The van der Waals surface area contributed by atoms with E-state index in [2.05, 4.69) is 22.5 Å². The molecule has 2 N–H and O–H groups in total. The molecular formula is C15H19N3O2. The Kier molecular flexibility index (Phi) is 4.08. The summed E-state index contributed by atoms with van der Waals surface area (Å²) in [6.07, 6.45) is 0.824. The van der Waals surface area contributed by atoms with Crippen LogP contribution in [-0.2, 0) is 13.5 Å². The van der Waals surface area contributed by atoms with Crippen LogP contribution < -0.4 is 5.32 Å². The number of nitrogens with zero attached hydrogens (tertiary/aromatic N) is 2. The van der Waals surface area contributed by atoms with E-state index in [-0.39, 0.29) is 11.6 Å². The highest BCUT2D eigenvalue weighted by molar-refractivity contribution is 5.94. The summed E-state index contributed by atoms with van der Waals surface area (Å²) in [5.41, 5.74) is 1.98. The molecule has 1 unspecified atom stereocenters. The number of rotatable bonds is 5. The first-order chi connectivity index (χ1) is 9.49. The van der Waals surface area contributed by atoms with Crippen LogP contribution in [0.5, 0.6) is 0 Å². The quantitative estimate of drug-likeness (QED) is 0.878. The number of benzene rings is 1. The Morgan fingerprint density at radius 1 is 1.40 bits per heavy atom. The van der Waals surface area contributed by atoms with Gasteiger partial charge in [0.15, 0.2) is 0 Å². The minimum atomic E-state index is -0.954. The van der Waals surface area contributed by atoms with Gasteiger partial charge in [-0.15, -0.1) is 0 Å². The Balaban J connectivity index is 2.16. The monoisotopic (exact) mass is 273 g/mol. The van der Waals surface area contributed by atoms with Gasteiger partial charge in [0, 0.05) is 13.1 Å². The first kappa shape index (κ1) is 14.1. The summed E-state index contributed by atoms with van der Waals surface area (Å²) in [6.45, 7) is 3.73. The summed E-state index contributed by atoms with van der Waals surface area (Å²) >= 11 is 0. The Hall–Kier alpha value is -2.30. The molecule has 0 aliphatic heterocycles. The summed E-state index contributed by atoms with van der Waals surface area (Å²) in [5.74, 6) is -0.400. The second-order valence-corrected chi connectivity index (χ2v) is 4.97. The highest BCUT2D eigenvalue weighted by atomic mass is 16.4. The Morgan fingerprint density at radius 3 is 2.65 bits per heavy atom. The van der Waals surface area contributed by atoms with Crippen LogP contribution in [0, 0.1) is 6.92 Å². The predicted molar refractivity (Wildman–Crippen MR) is 78.1 cm³/mol. The van der Waals surface area contributed by atoms with Crippen molar-refractivity contribution < 1.29 is 9.90 Å². The summed E-state index contributed by atoms with van der Waals surface area (Å²) in [7, 11) is 1.75. The van der Waals surface area contributed by atoms with Crippen molar-refractivity contribution in [3.63, 3.8) is 0 Å². The average molecular weight is 273 g/mol. The number of aromatic carboxylic acids is 1. The highest BCUT2D eigenvalue weighted by Gasteiger charge is 2.20. The van der Waals surface area contributed by atoms with E-state index < -0.39 is 5.97 Å². The topological polar surface area (TPSA) is 67.2 Å². The lowest BCUT2D eigenvalue weighted by Gasteiger charge is -2.16. The molecule has 20 heavy (non-hydrogen) atoms. The van der Waals surface area contributed by atoms with E-state index in [1.54, 1.807) is 18.7 Å². The molecule has 0 saturated carbocycles. The largest absolute Gasteiger partial charge is 0.477 e. The fourth-order valence-electron chi connectivity index (χ4n) is 2.33. The van der Waals surface area contributed by atoms with Crippen molar-refractivity contribution >= 4 is 11.8 Å². The number of carboxylic acids is 1. The van der Waals surface area contributed by atoms with E-state index in [1.807, 2.05) is 25.1 Å². The van der Waals surface area contributed by atoms with E-state index in [4.69, 9.17) is 0 Å². The molecule has 0 fully saturated rings. The van der Waals surface area contributed by atoms with Crippen LogP contribution in [0.4, 0.5) is 5.82 Å². The molecule has 0 aliphatic rings. The maximum Gasteiger partial charge on any atom is 0.341 e. The van der Waals surface area contributed by atoms with Crippen molar-refractivity contribution in [2.45, 2.75) is 26.3 Å². The van der Waals surface area contributed by atoms with Crippen molar-refractivity contribution in [3.8, 4) is 0 Å². The molecular weight excluding hydrogens is 254 g/mol. The van der Waals surface area contributed by atoms with Gasteiger partial charge in [-0.05, 0) is 25.8 Å². The molecule has 106 valence electrons. The Labute approximate surface area is 118 Å². The van der Waals surface area contributed by atoms with Crippen molar-refractivity contribution in [1.82, 2.24) is 9.78 Å². The molecule has 1 heterocycles. The lowest BCUT2D eigenvalue weighted by molar-refractivity contribution is 0.0697. The van der Waals surface area contributed by atoms with Crippen LogP contribution in [0.3, 0.4) is 0 Å². The van der Waals surface area contributed by atoms with E-state index in [1.165, 1.54) is 5.56 Å². The number of aromatic nitrogens is 2. The molecule has 0 amide bonds. The molecule has 0 saturated heterocycles. The van der Waals surface area contributed by atoms with Gasteiger partial charge >= 0.3 is 5.97 Å². The second kappa shape index (κ2) is 5.77. The lowest BCUT2D eigenvalue weighted by Crippen LogP contribution is -2.21. The molecule has 5 heteroatoms. The first-order valence-corrected chi connectivity index (χ1v) is 6.56. The number of nitrogens with one attached hydrogen (secondary N) is 1. The number of hydrogen-bond acceptors (Lipinski definition) is 3. The van der Waals surface area contributed by atoms with Crippen molar-refractivity contribution in [1.29, 1.82) is 0 Å². The van der Waals surface area contributed by atoms with Gasteiger partial charge < -0.3 is 10.4 Å². The van der Waals surface area contributed by atoms with E-state index in [0.29, 0.717) is 11.5 Å². The minimum Gasteiger partial charge on any atom is -0.477 e. The predicted octanol–water partition coefficient (Wildman–Crippen LogP) is 2.47. The maximum atomic E-state index is 11.3. The van der Waals surface area contributed by atoms with Crippen LogP contribution in [0.2, 0.25) is 0 Å². The zero-order valence-electron chi connectivity index (χ0n) is 11.9. The summed E-state index contributed by atoms with van der Waals surface area (Å²) < 4.78 is 1.58. The van der Waals surface area contributed by atoms with E-state index in [9.17, 15) is 9.90 Å². The minimum absolute atomic E-state index is 0.116. The number of anilines is 1. The zero-order valence-corrected chi connectivity index (χ0v) is 11.9. The lowest BCUT2D eigenvalue weighted by atomic mass is 10.1. The molecule has 0 aliphatic carbocycles. The van der Waals surface area contributed by atoms with Gasteiger partial charge in [-0.1, -0.05) is 30.3 Å². The fraction of sp³-hybridized carbons (Fsp3) is 0.333. The summed E-state index contributed by atoms with van der Waals surface area (Å²) in [4.78, 5) is 11.3. The molecule has 1 atom stereocenters. The van der Waals surface area contributed by atoms with Crippen LogP contribution in [0.1, 0.15) is 28.5 Å². The van der Waals surface area contributed by atoms with Gasteiger partial charge in [-0.3, -0.25) is 4.68 Å². The molecule has 1 aromatic carbocycles. The van der Waals surface area contributed by atoms with E-state index >= 15 is 0 Å². The molecule has 2 aromatic rings. The van der Waals surface area contributed by atoms with Crippen LogP contribution in [0.15, 0.2) is 30.3 Å². The third-order valence-corrected chi connectivity index (χ3v) is 3.20. The maximum absolute atomic E-state index is 11.3. The third kappa shape index (κ3) is 2.99. The van der Waals surface area contributed by atoms with Gasteiger partial charge in [0.05, 0.1) is 5.69 Å². The fourth-order valence-corrected chi connectivity index (χ4v) is 2.33. The van der Waals surface area contributed by atoms with Gasteiger partial charge in [-0.2, -0.15) is 5.10 Å². The standard InChI is InChI=1S/C15H19N3O2/c1-10(9-12-7-5-4-6-8-12)16-14-13(15(19)20)11(2)17-18(14)3/h4-8,10,16H,9H2,1-3H3,(H,19,20). The van der Waals surface area contributed by atoms with Crippen molar-refractivity contribution in [2.24, 2.45) is 7.05 Å². The van der Waals surface area contributed by atoms with Crippen molar-refractivity contribution in [3.05, 3.63) is 47.2 Å². The smallest absolute Gasteiger partial charge is 0.341 e. The Bertz CT molecular complexity index is 605. The van der Waals surface area contributed by atoms with Crippen molar-refractivity contribution in [2.75, 3.05) is 5.32 Å². The summed E-state index contributed by atoms with van der Waals surface area (Å²) in [5, 5.41) is 16.7. The molecule has 1 aromatic heterocycles. The summed E-state index contributed by atoms with van der Waals surface area (Å²) in [6, 6.07) is 10.2. The highest BCUT2D eigenvalue weighted by Crippen LogP contribution is 2.20. The normalized spacial score (nSPS) is 12.2. The molecule has 0 radical (unpaired) electrons. The molecule has 2 rings (SSSR count). The zero-order chi connectivity index (χ0) is 14.7. The van der Waals surface area contributed by atoms with Crippen LogP contribution in [-0.4, -0.2) is 26.9 Å². The molecule has 5 nitrogen and oxygen atoms in total. The second-order valence-electron chi connectivity index (χ2n) is 4.97. The SMILES string of the molecule is Cc1nn(C)c(NC(C)Cc2ccccc2)c1C(=O)O. The number of carbonyl (C=O) groups is 1. The molecule has 0 spiro atoms. The van der Waals surface area contributed by atoms with Crippen LogP contribution in [0.25, 0.3) is 0 Å².